The van der Waals surface area contributed by atoms with Crippen LogP contribution in [0.25, 0.3) is 0 Å². The molecule has 2 aliphatic carbocycles. The van der Waals surface area contributed by atoms with Gasteiger partial charge in [-0.05, 0) is 0 Å². The van der Waals surface area contributed by atoms with E-state index in [1.165, 1.54) is 17.7 Å². The molecule has 0 N–H and O–H groups in total. The molecule has 2 rings (SSSR count). The molecule has 0 spiro atoms. The first-order valence-corrected chi connectivity index (χ1v) is 5.00. The molecule has 0 nitrogen and oxygen atoms in total. The van der Waals surface area contributed by atoms with E-state index >= 15 is 0 Å². The number of hydrogen-bond acceptors (Lipinski definition) is 0. The topological polar surface area (TPSA) is 0 Å². The molecule has 0 saturated heterocycles. The molecule has 0 fully saturated rings. The summed E-state index contributed by atoms with van der Waals surface area (Å²) in [6, 6.07) is 8.60. The summed E-state index contributed by atoms with van der Waals surface area (Å²) in [5.74, 6) is 0. The van der Waals surface area contributed by atoms with Gasteiger partial charge in [-0.3, -0.25) is 0 Å². The molecular formula is C8H4SeTe. The van der Waals surface area contributed by atoms with Crippen LogP contribution < -0.4 is 0 Å². The third kappa shape index (κ3) is 0.881. The molecular weight excluding hydrogens is 303 g/mol. The predicted octanol–water partition coefficient (Wildman–Crippen LogP) is 0.688. The summed E-state index contributed by atoms with van der Waals surface area (Å²) in [6.45, 7) is 0. The monoisotopic (exact) mass is 310 g/mol. The molecule has 10 heavy (non-hydrogen) atoms. The van der Waals surface area contributed by atoms with Crippen molar-refractivity contribution in [2.24, 2.45) is 0 Å². The van der Waals surface area contributed by atoms with E-state index in [0.29, 0.717) is 0 Å². The van der Waals surface area contributed by atoms with Gasteiger partial charge in [0.2, 0.25) is 0 Å². The first-order valence-electron chi connectivity index (χ1n) is 2.98. The molecule has 0 saturated carbocycles. The summed E-state index contributed by atoms with van der Waals surface area (Å²) in [4.78, 5) is 0. The van der Waals surface area contributed by atoms with E-state index in [-0.39, 0.29) is 0 Å². The summed E-state index contributed by atoms with van der Waals surface area (Å²) < 4.78 is 2.66. The van der Waals surface area contributed by atoms with E-state index in [1.807, 2.05) is 0 Å². The zero-order valence-electron chi connectivity index (χ0n) is 5.13. The molecule has 2 heteroatoms. The van der Waals surface area contributed by atoms with Crippen LogP contribution in [0, 0.1) is 17.7 Å². The van der Waals surface area contributed by atoms with E-state index in [4.69, 9.17) is 0 Å². The van der Waals surface area contributed by atoms with Gasteiger partial charge in [-0.25, -0.2) is 0 Å². The SMILES string of the molecule is [Se]=c1ccc2ccc(=[Te])c1=2. The van der Waals surface area contributed by atoms with Gasteiger partial charge >= 0.3 is 79.4 Å². The van der Waals surface area contributed by atoms with E-state index in [0.717, 1.165) is 0 Å². The second-order valence-electron chi connectivity index (χ2n) is 2.23. The Bertz CT molecular complexity index is 448. The summed E-state index contributed by atoms with van der Waals surface area (Å²) in [6.07, 6.45) is 0. The van der Waals surface area contributed by atoms with Crippen molar-refractivity contribution in [3.8, 4) is 0 Å². The first kappa shape index (κ1) is 6.95. The Morgan fingerprint density at radius 1 is 1.10 bits per heavy atom. The molecule has 48 valence electrons. The minimum atomic E-state index is 1.28. The quantitative estimate of drug-likeness (QED) is 0.628. The molecule has 0 atom stereocenters. The van der Waals surface area contributed by atoms with Gasteiger partial charge in [0.15, 0.2) is 0 Å². The Balaban J connectivity index is 3.40. The summed E-state index contributed by atoms with van der Waals surface area (Å²) in [5.41, 5.74) is 0. The first-order chi connectivity index (χ1) is 4.79. The maximum atomic E-state index is 3.05. The standard InChI is InChI=1S/C8H4SeTe/c9-6-3-1-5-2-4-7(10)8(5)6/h1-4H. The molecule has 0 aromatic carbocycles. The van der Waals surface area contributed by atoms with Gasteiger partial charge in [-0.1, -0.05) is 0 Å². The predicted molar refractivity (Wildman–Crippen MR) is 42.1 cm³/mol. The van der Waals surface area contributed by atoms with E-state index in [9.17, 15) is 0 Å². The molecule has 0 amide bonds. The van der Waals surface area contributed by atoms with Gasteiger partial charge in [0.25, 0.3) is 0 Å². The Hall–Kier alpha value is 0.269. The van der Waals surface area contributed by atoms with Crippen LogP contribution >= 0.6 is 0 Å². The molecule has 0 aliphatic heterocycles. The Kier molecular flexibility index (Phi) is 1.66. The average molecular weight is 307 g/mol. The second kappa shape index (κ2) is 2.39. The van der Waals surface area contributed by atoms with Crippen LogP contribution in [0.4, 0.5) is 0 Å². The number of hydrogen-bond donors (Lipinski definition) is 0. The van der Waals surface area contributed by atoms with E-state index in [2.05, 4.69) is 61.7 Å². The van der Waals surface area contributed by atoms with Gasteiger partial charge in [-0.15, -0.1) is 0 Å². The molecule has 2 aliphatic rings. The minimum absolute atomic E-state index is 1.28. The van der Waals surface area contributed by atoms with Crippen LogP contribution in [0.15, 0.2) is 24.3 Å². The third-order valence-electron chi connectivity index (χ3n) is 1.61. The Morgan fingerprint density at radius 3 is 2.50 bits per heavy atom. The fourth-order valence-electron chi connectivity index (χ4n) is 1.13. The van der Waals surface area contributed by atoms with Crippen molar-refractivity contribution < 1.29 is 0 Å². The van der Waals surface area contributed by atoms with Crippen molar-refractivity contribution in [3.05, 3.63) is 42.0 Å². The maximum absolute atomic E-state index is 3.05. The van der Waals surface area contributed by atoms with Crippen molar-refractivity contribution >= 4 is 37.4 Å². The van der Waals surface area contributed by atoms with Gasteiger partial charge in [0, 0.05) is 0 Å². The summed E-state index contributed by atoms with van der Waals surface area (Å²) in [7, 11) is 0. The normalized spacial score (nSPS) is 10.8. The van der Waals surface area contributed by atoms with Gasteiger partial charge in [-0.2, -0.15) is 0 Å². The fourth-order valence-corrected chi connectivity index (χ4v) is 3.04. The molecule has 0 aromatic heterocycles. The zero-order chi connectivity index (χ0) is 7.14. The van der Waals surface area contributed by atoms with Crippen LogP contribution in [0.5, 0.6) is 0 Å². The third-order valence-corrected chi connectivity index (χ3v) is 3.29. The van der Waals surface area contributed by atoms with Crippen molar-refractivity contribution in [2.45, 2.75) is 0 Å². The van der Waals surface area contributed by atoms with Crippen molar-refractivity contribution in [2.75, 3.05) is 0 Å². The van der Waals surface area contributed by atoms with Crippen LogP contribution in [0.1, 0.15) is 0 Å². The molecule has 0 unspecified atom stereocenters. The van der Waals surface area contributed by atoms with Crippen molar-refractivity contribution in [3.63, 3.8) is 0 Å². The van der Waals surface area contributed by atoms with Crippen molar-refractivity contribution in [1.82, 2.24) is 0 Å². The molecule has 0 heterocycles. The van der Waals surface area contributed by atoms with Gasteiger partial charge < -0.3 is 0 Å². The average Bonchev–Trinajstić information content (AvgIpc) is 2.40. The summed E-state index contributed by atoms with van der Waals surface area (Å²) in [5, 5.41) is 2.75. The zero-order valence-corrected chi connectivity index (χ0v) is 9.17. The second-order valence-corrected chi connectivity index (χ2v) is 4.40. The Labute approximate surface area is 79.0 Å². The van der Waals surface area contributed by atoms with Crippen molar-refractivity contribution in [1.29, 1.82) is 0 Å². The van der Waals surface area contributed by atoms with Gasteiger partial charge in [0.05, 0.1) is 0 Å². The fraction of sp³-hybridized carbons (Fsp3) is 0. The number of rotatable bonds is 0. The van der Waals surface area contributed by atoms with Crippen LogP contribution in [0.3, 0.4) is 0 Å². The summed E-state index contributed by atoms with van der Waals surface area (Å²) >= 11 is 5.12. The van der Waals surface area contributed by atoms with Crippen LogP contribution in [-0.2, 0) is 0 Å². The van der Waals surface area contributed by atoms with E-state index in [1.54, 1.807) is 0 Å². The van der Waals surface area contributed by atoms with Crippen LogP contribution in [0.2, 0.25) is 0 Å². The molecule has 0 radical (unpaired) electrons. The van der Waals surface area contributed by atoms with E-state index < -0.39 is 0 Å². The Morgan fingerprint density at radius 2 is 1.80 bits per heavy atom. The molecule has 0 bridgehead atoms. The molecule has 0 aromatic rings. The van der Waals surface area contributed by atoms with Gasteiger partial charge in [0.1, 0.15) is 0 Å². The van der Waals surface area contributed by atoms with Crippen LogP contribution in [-0.4, -0.2) is 37.4 Å².